The Kier molecular flexibility index (Phi) is 3.18. The smallest absolute Gasteiger partial charge is 0.168 e. The highest BCUT2D eigenvalue weighted by molar-refractivity contribution is 5.97. The van der Waals surface area contributed by atoms with Gasteiger partial charge in [-0.3, -0.25) is 9.89 Å². The summed E-state index contributed by atoms with van der Waals surface area (Å²) in [6.45, 7) is 0. The summed E-state index contributed by atoms with van der Waals surface area (Å²) in [7, 11) is 0. The maximum Gasteiger partial charge on any atom is 0.168 e. The van der Waals surface area contributed by atoms with Gasteiger partial charge in [0.2, 0.25) is 0 Å². The van der Waals surface area contributed by atoms with Crippen LogP contribution in [0.3, 0.4) is 0 Å². The van der Waals surface area contributed by atoms with Crippen molar-refractivity contribution in [1.82, 2.24) is 20.2 Å². The van der Waals surface area contributed by atoms with Crippen LogP contribution in [0.1, 0.15) is 10.5 Å². The number of nitrogens with one attached hydrogen (secondary N) is 2. The normalized spacial score (nSPS) is 11.2. The van der Waals surface area contributed by atoms with Crippen LogP contribution in [0.5, 0.6) is 0 Å². The summed E-state index contributed by atoms with van der Waals surface area (Å²) in [5, 5.41) is 8.75. The molecule has 0 fully saturated rings. The molecule has 0 aliphatic carbocycles. The number of aromatic nitrogens is 4. The van der Waals surface area contributed by atoms with Gasteiger partial charge >= 0.3 is 0 Å². The second kappa shape index (κ2) is 5.67. The van der Waals surface area contributed by atoms with Gasteiger partial charge in [0, 0.05) is 28.2 Å². The average Bonchev–Trinajstić information content (AvgIpc) is 3.31. The number of carbonyl (C=O) groups is 1. The van der Waals surface area contributed by atoms with Gasteiger partial charge in [0.1, 0.15) is 11.3 Å². The molecule has 0 bridgehead atoms. The van der Waals surface area contributed by atoms with E-state index in [0.717, 1.165) is 50.6 Å². The fourth-order valence-corrected chi connectivity index (χ4v) is 3.25. The number of hydrogen-bond acceptors (Lipinski definition) is 3. The van der Waals surface area contributed by atoms with Crippen LogP contribution in [0.25, 0.3) is 44.3 Å². The Bertz CT molecular complexity index is 1250. The van der Waals surface area contributed by atoms with E-state index in [-0.39, 0.29) is 0 Å². The predicted octanol–water partition coefficient (Wildman–Crippen LogP) is 4.59. The molecule has 5 aromatic rings. The Hall–Kier alpha value is -3.73. The molecule has 0 saturated heterocycles. The van der Waals surface area contributed by atoms with Crippen LogP contribution in [0.2, 0.25) is 0 Å². The van der Waals surface area contributed by atoms with Crippen molar-refractivity contribution in [2.24, 2.45) is 0 Å². The molecule has 124 valence electrons. The van der Waals surface area contributed by atoms with Gasteiger partial charge in [-0.05, 0) is 35.4 Å². The van der Waals surface area contributed by atoms with Crippen LogP contribution in [0.4, 0.5) is 0 Å². The molecule has 0 aliphatic rings. The zero-order valence-electron chi connectivity index (χ0n) is 13.7. The fraction of sp³-hybridized carbons (Fsp3) is 0. The molecule has 0 spiro atoms. The minimum absolute atomic E-state index is 0.490. The molecule has 2 N–H and O–H groups in total. The van der Waals surface area contributed by atoms with E-state index in [1.54, 1.807) is 0 Å². The largest absolute Gasteiger partial charge is 0.339 e. The third kappa shape index (κ3) is 2.29. The summed E-state index contributed by atoms with van der Waals surface area (Å²) in [6, 6.07) is 20.3. The lowest BCUT2D eigenvalue weighted by Crippen LogP contribution is -1.83. The molecule has 0 atom stereocenters. The molecule has 2 aromatic carbocycles. The van der Waals surface area contributed by atoms with E-state index in [2.05, 4.69) is 44.4 Å². The molecule has 5 heteroatoms. The number of aldehydes is 1. The van der Waals surface area contributed by atoms with Crippen LogP contribution in [0.15, 0.2) is 66.9 Å². The van der Waals surface area contributed by atoms with Crippen molar-refractivity contribution >= 4 is 28.2 Å². The number of benzene rings is 2. The van der Waals surface area contributed by atoms with Gasteiger partial charge in [0.15, 0.2) is 6.29 Å². The van der Waals surface area contributed by atoms with Gasteiger partial charge in [-0.25, -0.2) is 4.98 Å². The number of pyridine rings is 1. The monoisotopic (exact) mass is 338 g/mol. The topological polar surface area (TPSA) is 74.4 Å². The second-order valence-electron chi connectivity index (χ2n) is 6.20. The molecule has 0 radical (unpaired) electrons. The third-order valence-corrected chi connectivity index (χ3v) is 4.59. The van der Waals surface area contributed by atoms with Gasteiger partial charge in [-0.1, -0.05) is 36.4 Å². The fourth-order valence-electron chi connectivity index (χ4n) is 3.25. The SMILES string of the molecule is O=Cc1[nH]nc2ccc(-c3cnc4[nH]c(-c5ccccc5)cc4c3)cc12. The number of rotatable bonds is 3. The lowest BCUT2D eigenvalue weighted by Gasteiger charge is -2.02. The highest BCUT2D eigenvalue weighted by Gasteiger charge is 2.09. The maximum absolute atomic E-state index is 11.2. The van der Waals surface area contributed by atoms with Gasteiger partial charge in [0.05, 0.1) is 5.52 Å². The van der Waals surface area contributed by atoms with Crippen LogP contribution < -0.4 is 0 Å². The Morgan fingerprint density at radius 2 is 1.77 bits per heavy atom. The van der Waals surface area contributed by atoms with Crippen molar-refractivity contribution in [3.05, 3.63) is 72.6 Å². The molecule has 0 aliphatic heterocycles. The molecular formula is C21H14N4O. The van der Waals surface area contributed by atoms with Crippen LogP contribution in [-0.2, 0) is 0 Å². The summed E-state index contributed by atoms with van der Waals surface area (Å²) in [4.78, 5) is 19.1. The summed E-state index contributed by atoms with van der Waals surface area (Å²) < 4.78 is 0. The van der Waals surface area contributed by atoms with Gasteiger partial charge in [-0.15, -0.1) is 0 Å². The quantitative estimate of drug-likeness (QED) is 0.473. The number of aromatic amines is 2. The predicted molar refractivity (Wildman–Crippen MR) is 102 cm³/mol. The number of carbonyl (C=O) groups excluding carboxylic acids is 1. The van der Waals surface area contributed by atoms with Gasteiger partial charge in [0.25, 0.3) is 0 Å². The maximum atomic E-state index is 11.2. The Balaban J connectivity index is 1.62. The molecule has 5 nitrogen and oxygen atoms in total. The average molecular weight is 338 g/mol. The van der Waals surface area contributed by atoms with E-state index < -0.39 is 0 Å². The number of H-pyrrole nitrogens is 2. The first-order valence-corrected chi connectivity index (χ1v) is 8.30. The van der Waals surface area contributed by atoms with Crippen molar-refractivity contribution in [3.8, 4) is 22.4 Å². The summed E-state index contributed by atoms with van der Waals surface area (Å²) in [5.74, 6) is 0. The molecule has 0 amide bonds. The molecule has 0 unspecified atom stereocenters. The van der Waals surface area contributed by atoms with Crippen molar-refractivity contribution in [2.75, 3.05) is 0 Å². The summed E-state index contributed by atoms with van der Waals surface area (Å²) in [5.41, 5.74) is 6.28. The molecule has 3 aromatic heterocycles. The van der Waals surface area contributed by atoms with Crippen molar-refractivity contribution in [1.29, 1.82) is 0 Å². The highest BCUT2D eigenvalue weighted by Crippen LogP contribution is 2.29. The lowest BCUT2D eigenvalue weighted by atomic mass is 10.0. The minimum Gasteiger partial charge on any atom is -0.339 e. The number of hydrogen-bond donors (Lipinski definition) is 2. The second-order valence-corrected chi connectivity index (χ2v) is 6.20. The molecule has 5 rings (SSSR count). The van der Waals surface area contributed by atoms with Crippen LogP contribution >= 0.6 is 0 Å². The zero-order chi connectivity index (χ0) is 17.5. The lowest BCUT2D eigenvalue weighted by molar-refractivity contribution is 0.112. The van der Waals surface area contributed by atoms with E-state index in [0.29, 0.717) is 5.69 Å². The minimum atomic E-state index is 0.490. The number of fused-ring (bicyclic) bond motifs is 2. The third-order valence-electron chi connectivity index (χ3n) is 4.59. The highest BCUT2D eigenvalue weighted by atomic mass is 16.1. The first-order valence-electron chi connectivity index (χ1n) is 8.30. The van der Waals surface area contributed by atoms with E-state index in [9.17, 15) is 4.79 Å². The first kappa shape index (κ1) is 14.6. The molecule has 26 heavy (non-hydrogen) atoms. The van der Waals surface area contributed by atoms with Crippen molar-refractivity contribution in [3.63, 3.8) is 0 Å². The van der Waals surface area contributed by atoms with Crippen molar-refractivity contribution < 1.29 is 4.79 Å². The first-order chi connectivity index (χ1) is 12.8. The zero-order valence-corrected chi connectivity index (χ0v) is 13.7. The summed E-state index contributed by atoms with van der Waals surface area (Å²) >= 11 is 0. The van der Waals surface area contributed by atoms with E-state index in [4.69, 9.17) is 0 Å². The van der Waals surface area contributed by atoms with Crippen LogP contribution in [-0.4, -0.2) is 26.5 Å². The Morgan fingerprint density at radius 1 is 0.885 bits per heavy atom. The Morgan fingerprint density at radius 3 is 2.62 bits per heavy atom. The number of nitrogens with zero attached hydrogens (tertiary/aromatic N) is 2. The molecule has 3 heterocycles. The molecular weight excluding hydrogens is 324 g/mol. The standard InChI is InChI=1S/C21H14N4O/c26-12-20-17-9-14(6-7-18(17)24-25-20)16-8-15-10-19(23-21(15)22-11-16)13-4-2-1-3-5-13/h1-12H,(H,22,23)(H,24,25). The van der Waals surface area contributed by atoms with Gasteiger partial charge < -0.3 is 4.98 Å². The molecule has 0 saturated carbocycles. The van der Waals surface area contributed by atoms with Crippen molar-refractivity contribution in [2.45, 2.75) is 0 Å². The van der Waals surface area contributed by atoms with E-state index >= 15 is 0 Å². The van der Waals surface area contributed by atoms with Gasteiger partial charge in [-0.2, -0.15) is 5.10 Å². The Labute approximate surface area is 148 Å². The summed E-state index contributed by atoms with van der Waals surface area (Å²) in [6.07, 6.45) is 2.63. The van der Waals surface area contributed by atoms with E-state index in [1.807, 2.05) is 42.6 Å². The van der Waals surface area contributed by atoms with E-state index in [1.165, 1.54) is 0 Å². The van der Waals surface area contributed by atoms with Crippen LogP contribution in [0, 0.1) is 0 Å².